The van der Waals surface area contributed by atoms with Gasteiger partial charge in [-0.15, -0.1) is 0 Å². The van der Waals surface area contributed by atoms with E-state index in [2.05, 4.69) is 61.1 Å². The number of carbonyl (C=O) groups excluding carboxylic acids is 2. The van der Waals surface area contributed by atoms with E-state index < -0.39 is 0 Å². The largest absolute Gasteiger partial charge is 0.348 e. The van der Waals surface area contributed by atoms with Crippen LogP contribution in [0.15, 0.2) is 47.4 Å². The summed E-state index contributed by atoms with van der Waals surface area (Å²) in [5, 5.41) is 5.41. The van der Waals surface area contributed by atoms with E-state index in [1.807, 2.05) is 23.7 Å². The molecule has 2 fully saturated rings. The zero-order chi connectivity index (χ0) is 26.2. The fourth-order valence-corrected chi connectivity index (χ4v) is 6.34. The molecular weight excluding hydrogens is 478 g/mol. The minimum Gasteiger partial charge on any atom is -0.348 e. The predicted molar refractivity (Wildman–Crippen MR) is 153 cm³/mol. The maximum Gasteiger partial charge on any atom is 0.268 e. The number of nitrogens with zero attached hydrogens (tertiary/aromatic N) is 1. The molecule has 1 heterocycles. The molecule has 196 valence electrons. The van der Waals surface area contributed by atoms with Crippen LogP contribution in [-0.4, -0.2) is 27.8 Å². The van der Waals surface area contributed by atoms with Crippen LogP contribution in [-0.2, 0) is 7.05 Å². The molecule has 0 aliphatic heterocycles. The number of fused-ring (bicyclic) bond motifs is 1. The van der Waals surface area contributed by atoms with Gasteiger partial charge in [-0.25, -0.2) is 0 Å². The normalized spacial score (nSPS) is 17.1. The highest BCUT2D eigenvalue weighted by Crippen LogP contribution is 2.39. The van der Waals surface area contributed by atoms with Crippen molar-refractivity contribution in [3.05, 3.63) is 53.9 Å². The van der Waals surface area contributed by atoms with E-state index in [0.29, 0.717) is 11.4 Å². The molecule has 5 rings (SSSR count). The van der Waals surface area contributed by atoms with Gasteiger partial charge >= 0.3 is 0 Å². The van der Waals surface area contributed by atoms with Crippen molar-refractivity contribution in [1.82, 2.24) is 14.6 Å². The van der Waals surface area contributed by atoms with E-state index >= 15 is 0 Å². The molecule has 3 aromatic rings. The summed E-state index contributed by atoms with van der Waals surface area (Å²) in [5.41, 5.74) is 3.09. The summed E-state index contributed by atoms with van der Waals surface area (Å²) < 4.78 is 5.38. The molecule has 2 N–H and O–H groups in total. The van der Waals surface area contributed by atoms with Crippen LogP contribution in [0.2, 0.25) is 0 Å². The third-order valence-electron chi connectivity index (χ3n) is 7.76. The van der Waals surface area contributed by atoms with Crippen LogP contribution in [0, 0.1) is 5.92 Å². The maximum atomic E-state index is 14.0. The molecule has 1 amide bonds. The maximum absolute atomic E-state index is 14.0. The van der Waals surface area contributed by atoms with Gasteiger partial charge in [0.05, 0.1) is 5.69 Å². The van der Waals surface area contributed by atoms with Gasteiger partial charge in [-0.2, -0.15) is 0 Å². The Bertz CT molecular complexity index is 1310. The Morgan fingerprint density at radius 2 is 1.59 bits per heavy atom. The third-order valence-corrected chi connectivity index (χ3v) is 9.05. The van der Waals surface area contributed by atoms with Crippen molar-refractivity contribution < 1.29 is 9.59 Å². The van der Waals surface area contributed by atoms with Crippen molar-refractivity contribution in [2.24, 2.45) is 13.0 Å². The first-order valence-electron chi connectivity index (χ1n) is 13.7. The fraction of sp³-hybridized carbons (Fsp3) is 0.484. The van der Waals surface area contributed by atoms with Gasteiger partial charge in [-0.05, 0) is 93.3 Å². The Hall–Kier alpha value is -2.57. The molecule has 2 aromatic carbocycles. The van der Waals surface area contributed by atoms with Crippen molar-refractivity contribution in [2.75, 3.05) is 0 Å². The summed E-state index contributed by atoms with van der Waals surface area (Å²) in [5.74, 6) is 0.125. The molecule has 0 saturated heterocycles. The minimum atomic E-state index is -0.0815. The standard InChI is InChI=1S/C31H39N3O2S/c1-31(2,3)33-37-27-18-17-23(22-15-8-9-16-24(22)27)25-19-26(30(36)32-21-13-10-14-21)34(4)28(25)29(35)20-11-6-5-7-12-20/h8-9,15-21,33H,5-7,10-14H2,1-4H3,(H,32,36). The lowest BCUT2D eigenvalue weighted by Gasteiger charge is -2.26. The van der Waals surface area contributed by atoms with Gasteiger partial charge in [0, 0.05) is 35.0 Å². The molecule has 0 radical (unpaired) electrons. The second-order valence-corrected chi connectivity index (χ2v) is 12.6. The average Bonchev–Trinajstić information content (AvgIpc) is 3.21. The highest BCUT2D eigenvalue weighted by molar-refractivity contribution is 7.97. The van der Waals surface area contributed by atoms with Gasteiger partial charge in [0.15, 0.2) is 5.78 Å². The summed E-state index contributed by atoms with van der Waals surface area (Å²) >= 11 is 1.64. The van der Waals surface area contributed by atoms with E-state index in [1.165, 1.54) is 6.42 Å². The number of hydrogen-bond donors (Lipinski definition) is 2. The number of aromatic nitrogens is 1. The Labute approximate surface area is 224 Å². The van der Waals surface area contributed by atoms with Crippen molar-refractivity contribution in [2.45, 2.75) is 88.6 Å². The molecule has 0 bridgehead atoms. The number of amides is 1. The topological polar surface area (TPSA) is 63.1 Å². The number of benzene rings is 2. The van der Waals surface area contributed by atoms with Gasteiger partial charge in [0.2, 0.25) is 0 Å². The third kappa shape index (κ3) is 5.51. The first-order valence-corrected chi connectivity index (χ1v) is 14.6. The van der Waals surface area contributed by atoms with Crippen molar-refractivity contribution in [3.8, 4) is 11.1 Å². The Morgan fingerprint density at radius 3 is 2.24 bits per heavy atom. The lowest BCUT2D eigenvalue weighted by molar-refractivity contribution is 0.0880. The minimum absolute atomic E-state index is 0.0217. The molecular formula is C31H39N3O2S. The van der Waals surface area contributed by atoms with Crippen LogP contribution < -0.4 is 10.0 Å². The molecule has 2 aliphatic rings. The van der Waals surface area contributed by atoms with E-state index in [1.54, 1.807) is 11.9 Å². The highest BCUT2D eigenvalue weighted by atomic mass is 32.2. The van der Waals surface area contributed by atoms with E-state index in [-0.39, 0.29) is 29.2 Å². The van der Waals surface area contributed by atoms with Crippen LogP contribution in [0.25, 0.3) is 21.9 Å². The zero-order valence-electron chi connectivity index (χ0n) is 22.5. The van der Waals surface area contributed by atoms with Crippen molar-refractivity contribution >= 4 is 34.4 Å². The van der Waals surface area contributed by atoms with Gasteiger partial charge in [-0.1, -0.05) is 49.6 Å². The Morgan fingerprint density at radius 1 is 0.892 bits per heavy atom. The number of Topliss-reactive ketones (excluding diaryl/α,β-unsaturated/α-hetero) is 1. The van der Waals surface area contributed by atoms with Crippen molar-refractivity contribution in [1.29, 1.82) is 0 Å². The van der Waals surface area contributed by atoms with Crippen LogP contribution in [0.5, 0.6) is 0 Å². The average molecular weight is 518 g/mol. The fourth-order valence-electron chi connectivity index (χ4n) is 5.50. The molecule has 6 heteroatoms. The molecule has 2 saturated carbocycles. The predicted octanol–water partition coefficient (Wildman–Crippen LogP) is 7.29. The summed E-state index contributed by atoms with van der Waals surface area (Å²) in [6, 6.07) is 14.8. The smallest absolute Gasteiger partial charge is 0.268 e. The Kier molecular flexibility index (Phi) is 7.51. The molecule has 5 nitrogen and oxygen atoms in total. The summed E-state index contributed by atoms with van der Waals surface area (Å²) in [6.45, 7) is 6.46. The lowest BCUT2D eigenvalue weighted by atomic mass is 9.84. The second-order valence-electron chi connectivity index (χ2n) is 11.8. The number of hydrogen-bond acceptors (Lipinski definition) is 4. The van der Waals surface area contributed by atoms with Gasteiger partial charge in [-0.3, -0.25) is 14.3 Å². The first-order chi connectivity index (χ1) is 17.7. The summed E-state index contributed by atoms with van der Waals surface area (Å²) in [6.07, 6.45) is 8.48. The van der Waals surface area contributed by atoms with Crippen LogP contribution in [0.3, 0.4) is 0 Å². The quantitative estimate of drug-likeness (QED) is 0.255. The lowest BCUT2D eigenvalue weighted by Crippen LogP contribution is -2.40. The van der Waals surface area contributed by atoms with Crippen LogP contribution in [0.1, 0.15) is 93.1 Å². The van der Waals surface area contributed by atoms with Gasteiger partial charge in [0.1, 0.15) is 5.69 Å². The molecule has 0 spiro atoms. The number of carbonyl (C=O) groups is 2. The molecule has 0 unspecified atom stereocenters. The van der Waals surface area contributed by atoms with Crippen LogP contribution in [0.4, 0.5) is 0 Å². The zero-order valence-corrected chi connectivity index (χ0v) is 23.3. The van der Waals surface area contributed by atoms with Crippen LogP contribution >= 0.6 is 11.9 Å². The summed E-state index contributed by atoms with van der Waals surface area (Å²) in [4.78, 5) is 28.4. The van der Waals surface area contributed by atoms with E-state index in [0.717, 1.165) is 71.7 Å². The van der Waals surface area contributed by atoms with E-state index in [9.17, 15) is 9.59 Å². The number of nitrogens with one attached hydrogen (secondary N) is 2. The summed E-state index contributed by atoms with van der Waals surface area (Å²) in [7, 11) is 1.88. The SMILES string of the molecule is Cn1c(C(=O)NC2CCC2)cc(-c2ccc(SNC(C)(C)C)c3ccccc23)c1C(=O)C1CCCCC1. The molecule has 0 atom stereocenters. The second kappa shape index (κ2) is 10.7. The van der Waals surface area contributed by atoms with Gasteiger partial charge < -0.3 is 9.88 Å². The molecule has 2 aliphatic carbocycles. The van der Waals surface area contributed by atoms with E-state index in [4.69, 9.17) is 0 Å². The number of ketones is 1. The monoisotopic (exact) mass is 517 g/mol. The Balaban J connectivity index is 1.61. The number of rotatable bonds is 7. The highest BCUT2D eigenvalue weighted by Gasteiger charge is 2.31. The first kappa shape index (κ1) is 26.1. The molecule has 37 heavy (non-hydrogen) atoms. The van der Waals surface area contributed by atoms with Crippen molar-refractivity contribution in [3.63, 3.8) is 0 Å². The van der Waals surface area contributed by atoms with Gasteiger partial charge in [0.25, 0.3) is 5.91 Å². The molecule has 1 aromatic heterocycles.